The lowest BCUT2D eigenvalue weighted by Gasteiger charge is -2.32. The van der Waals surface area contributed by atoms with Crippen LogP contribution in [0, 0.1) is 5.92 Å². The Morgan fingerprint density at radius 1 is 1.35 bits per heavy atom. The molecule has 1 aliphatic rings. The molecule has 5 heteroatoms. The molecule has 1 fully saturated rings. The van der Waals surface area contributed by atoms with Gasteiger partial charge in [0.15, 0.2) is 0 Å². The van der Waals surface area contributed by atoms with E-state index in [2.05, 4.69) is 12.2 Å². The van der Waals surface area contributed by atoms with Gasteiger partial charge in [-0.05, 0) is 37.9 Å². The summed E-state index contributed by atoms with van der Waals surface area (Å²) >= 11 is 0. The van der Waals surface area contributed by atoms with Gasteiger partial charge in [0, 0.05) is 25.4 Å². The van der Waals surface area contributed by atoms with Gasteiger partial charge in [0.25, 0.3) is 5.56 Å². The molecule has 110 valence electrons. The quantitative estimate of drug-likeness (QED) is 0.862. The summed E-state index contributed by atoms with van der Waals surface area (Å²) in [5.41, 5.74) is -0.122. The largest absolute Gasteiger partial charge is 0.341 e. The van der Waals surface area contributed by atoms with Crippen molar-refractivity contribution in [2.45, 2.75) is 26.3 Å². The van der Waals surface area contributed by atoms with Crippen molar-refractivity contribution in [2.75, 3.05) is 26.2 Å². The maximum absolute atomic E-state index is 12.2. The van der Waals surface area contributed by atoms with Crippen molar-refractivity contribution in [1.29, 1.82) is 0 Å². The maximum atomic E-state index is 12.2. The Bertz CT molecular complexity index is 490. The van der Waals surface area contributed by atoms with Gasteiger partial charge in [0.1, 0.15) is 6.54 Å². The van der Waals surface area contributed by atoms with Crippen LogP contribution in [0.2, 0.25) is 0 Å². The molecule has 2 rings (SSSR count). The number of rotatable bonds is 5. The molecule has 1 aromatic rings. The van der Waals surface area contributed by atoms with Crippen molar-refractivity contribution in [3.05, 3.63) is 34.7 Å². The number of piperidine rings is 1. The van der Waals surface area contributed by atoms with Crippen LogP contribution in [0.25, 0.3) is 0 Å². The predicted molar refractivity (Wildman–Crippen MR) is 78.5 cm³/mol. The van der Waals surface area contributed by atoms with E-state index in [1.54, 1.807) is 18.3 Å². The lowest BCUT2D eigenvalue weighted by atomic mass is 9.97. The minimum Gasteiger partial charge on any atom is -0.341 e. The minimum absolute atomic E-state index is 0.0419. The number of nitrogens with zero attached hydrogens (tertiary/aromatic N) is 2. The van der Waals surface area contributed by atoms with Gasteiger partial charge in [-0.25, -0.2) is 0 Å². The fraction of sp³-hybridized carbons (Fsp3) is 0.600. The van der Waals surface area contributed by atoms with Crippen molar-refractivity contribution in [3.8, 4) is 0 Å². The second kappa shape index (κ2) is 7.24. The zero-order valence-electron chi connectivity index (χ0n) is 12.0. The number of carbonyl (C=O) groups excluding carboxylic acids is 1. The molecule has 1 amide bonds. The van der Waals surface area contributed by atoms with Gasteiger partial charge < -0.3 is 14.8 Å². The van der Waals surface area contributed by atoms with Crippen molar-refractivity contribution < 1.29 is 4.79 Å². The van der Waals surface area contributed by atoms with Crippen LogP contribution < -0.4 is 10.9 Å². The molecule has 0 bridgehead atoms. The molecular weight excluding hydrogens is 254 g/mol. The lowest BCUT2D eigenvalue weighted by Crippen LogP contribution is -2.43. The smallest absolute Gasteiger partial charge is 0.250 e. The summed E-state index contributed by atoms with van der Waals surface area (Å²) in [6.07, 6.45) is 3.75. The molecule has 5 nitrogen and oxygen atoms in total. The van der Waals surface area contributed by atoms with Gasteiger partial charge in [-0.15, -0.1) is 0 Å². The summed E-state index contributed by atoms with van der Waals surface area (Å²) in [7, 11) is 0. The molecule has 1 N–H and O–H groups in total. The average molecular weight is 277 g/mol. The molecule has 0 radical (unpaired) electrons. The van der Waals surface area contributed by atoms with E-state index < -0.39 is 0 Å². The summed E-state index contributed by atoms with van der Waals surface area (Å²) in [6, 6.07) is 4.95. The molecule has 0 spiro atoms. The average Bonchev–Trinajstić information content (AvgIpc) is 2.48. The van der Waals surface area contributed by atoms with E-state index in [1.807, 2.05) is 4.90 Å². The van der Waals surface area contributed by atoms with Crippen LogP contribution in [0.15, 0.2) is 29.2 Å². The number of carbonyl (C=O) groups is 1. The number of hydrogen-bond donors (Lipinski definition) is 1. The van der Waals surface area contributed by atoms with Crippen LogP contribution >= 0.6 is 0 Å². The third-order valence-corrected chi connectivity index (χ3v) is 3.85. The molecule has 0 atom stereocenters. The van der Waals surface area contributed by atoms with Crippen LogP contribution in [0.3, 0.4) is 0 Å². The van der Waals surface area contributed by atoms with Crippen LogP contribution in [-0.4, -0.2) is 41.6 Å². The number of pyridine rings is 1. The van der Waals surface area contributed by atoms with E-state index in [1.165, 1.54) is 10.6 Å². The predicted octanol–water partition coefficient (Wildman–Crippen LogP) is 0.696. The first-order valence-corrected chi connectivity index (χ1v) is 7.34. The first kappa shape index (κ1) is 14.8. The highest BCUT2D eigenvalue weighted by atomic mass is 16.2. The molecule has 1 saturated heterocycles. The Morgan fingerprint density at radius 3 is 2.75 bits per heavy atom. The summed E-state index contributed by atoms with van der Waals surface area (Å²) in [6.45, 7) is 5.90. The first-order valence-electron chi connectivity index (χ1n) is 7.34. The number of aromatic nitrogens is 1. The van der Waals surface area contributed by atoms with Gasteiger partial charge in [-0.1, -0.05) is 13.0 Å². The second-order valence-electron chi connectivity index (χ2n) is 5.30. The van der Waals surface area contributed by atoms with E-state index >= 15 is 0 Å². The Labute approximate surface area is 119 Å². The topological polar surface area (TPSA) is 54.3 Å². The van der Waals surface area contributed by atoms with E-state index in [0.29, 0.717) is 5.92 Å². The fourth-order valence-corrected chi connectivity index (χ4v) is 2.57. The van der Waals surface area contributed by atoms with Gasteiger partial charge in [-0.3, -0.25) is 9.59 Å². The SMILES string of the molecule is CCNCC1CCN(C(=O)Cn2ccccc2=O)CC1. The highest BCUT2D eigenvalue weighted by Crippen LogP contribution is 2.16. The van der Waals surface area contributed by atoms with E-state index in [9.17, 15) is 9.59 Å². The zero-order chi connectivity index (χ0) is 14.4. The molecule has 0 aromatic carbocycles. The monoisotopic (exact) mass is 277 g/mol. The summed E-state index contributed by atoms with van der Waals surface area (Å²) < 4.78 is 1.47. The summed E-state index contributed by atoms with van der Waals surface area (Å²) in [4.78, 5) is 25.7. The van der Waals surface area contributed by atoms with Crippen molar-refractivity contribution in [3.63, 3.8) is 0 Å². The summed E-state index contributed by atoms with van der Waals surface area (Å²) in [5.74, 6) is 0.707. The number of nitrogens with one attached hydrogen (secondary N) is 1. The van der Waals surface area contributed by atoms with Gasteiger partial charge in [-0.2, -0.15) is 0 Å². The van der Waals surface area contributed by atoms with Crippen LogP contribution in [-0.2, 0) is 11.3 Å². The summed E-state index contributed by atoms with van der Waals surface area (Å²) in [5, 5.41) is 3.36. The highest BCUT2D eigenvalue weighted by molar-refractivity contribution is 5.76. The fourth-order valence-electron chi connectivity index (χ4n) is 2.57. The third kappa shape index (κ3) is 3.93. The Kier molecular flexibility index (Phi) is 5.35. The van der Waals surface area contributed by atoms with Crippen molar-refractivity contribution in [2.24, 2.45) is 5.92 Å². The lowest BCUT2D eigenvalue weighted by molar-refractivity contribution is -0.133. The highest BCUT2D eigenvalue weighted by Gasteiger charge is 2.22. The second-order valence-corrected chi connectivity index (χ2v) is 5.30. The zero-order valence-corrected chi connectivity index (χ0v) is 12.0. The van der Waals surface area contributed by atoms with E-state index in [0.717, 1.165) is 39.0 Å². The molecule has 2 heterocycles. The number of likely N-dealkylation sites (tertiary alicyclic amines) is 1. The normalized spacial score (nSPS) is 16.4. The Morgan fingerprint density at radius 2 is 2.10 bits per heavy atom. The molecule has 0 saturated carbocycles. The molecule has 0 aliphatic carbocycles. The molecule has 1 aliphatic heterocycles. The van der Waals surface area contributed by atoms with E-state index in [-0.39, 0.29) is 18.0 Å². The number of hydrogen-bond acceptors (Lipinski definition) is 3. The third-order valence-electron chi connectivity index (χ3n) is 3.85. The van der Waals surface area contributed by atoms with Crippen LogP contribution in [0.1, 0.15) is 19.8 Å². The van der Waals surface area contributed by atoms with E-state index in [4.69, 9.17) is 0 Å². The Hall–Kier alpha value is -1.62. The molecule has 20 heavy (non-hydrogen) atoms. The molecule has 1 aromatic heterocycles. The Balaban J connectivity index is 1.83. The standard InChI is InChI=1S/C15H23N3O2/c1-2-16-11-13-6-9-17(10-7-13)15(20)12-18-8-4-3-5-14(18)19/h3-5,8,13,16H,2,6-7,9-12H2,1H3. The van der Waals surface area contributed by atoms with Gasteiger partial charge in [0.05, 0.1) is 0 Å². The van der Waals surface area contributed by atoms with Gasteiger partial charge >= 0.3 is 0 Å². The molecular formula is C15H23N3O2. The van der Waals surface area contributed by atoms with Crippen molar-refractivity contribution >= 4 is 5.91 Å². The van der Waals surface area contributed by atoms with Crippen molar-refractivity contribution in [1.82, 2.24) is 14.8 Å². The number of amides is 1. The maximum Gasteiger partial charge on any atom is 0.250 e. The molecule has 0 unspecified atom stereocenters. The van der Waals surface area contributed by atoms with Crippen LogP contribution in [0.5, 0.6) is 0 Å². The minimum atomic E-state index is -0.122. The van der Waals surface area contributed by atoms with Crippen LogP contribution in [0.4, 0.5) is 0 Å². The first-order chi connectivity index (χ1) is 9.70. The van der Waals surface area contributed by atoms with Gasteiger partial charge in [0.2, 0.25) is 5.91 Å².